The Hall–Kier alpha value is -5.25. The first-order chi connectivity index (χ1) is 25.9. The van der Waals surface area contributed by atoms with Crippen LogP contribution in [0.4, 0.5) is 35.1 Å². The summed E-state index contributed by atoms with van der Waals surface area (Å²) in [5, 5.41) is 12.2. The Morgan fingerprint density at radius 2 is 1.65 bits per heavy atom. The van der Waals surface area contributed by atoms with Crippen LogP contribution in [0.3, 0.4) is 0 Å². The molecule has 0 radical (unpaired) electrons. The average Bonchev–Trinajstić information content (AvgIpc) is 3.92. The summed E-state index contributed by atoms with van der Waals surface area (Å²) in [5.74, 6) is -4.44. The summed E-state index contributed by atoms with van der Waals surface area (Å²) in [6.45, 7) is 1.63. The molecule has 8 nitrogen and oxygen atoms in total. The Labute approximate surface area is 308 Å². The lowest BCUT2D eigenvalue weighted by Crippen LogP contribution is -2.49. The maximum atomic E-state index is 16.1. The molecule has 16 heteroatoms. The van der Waals surface area contributed by atoms with Gasteiger partial charge in [-0.1, -0.05) is 18.2 Å². The summed E-state index contributed by atoms with van der Waals surface area (Å²) >= 11 is 0. The van der Waals surface area contributed by atoms with Crippen LogP contribution in [0.25, 0.3) is 11.1 Å². The summed E-state index contributed by atoms with van der Waals surface area (Å²) < 4.78 is 123. The molecule has 1 amide bonds. The van der Waals surface area contributed by atoms with E-state index in [-0.39, 0.29) is 60.2 Å². The number of hydrogen-bond acceptors (Lipinski definition) is 5. The zero-order valence-electron chi connectivity index (χ0n) is 29.0. The molecule has 2 atom stereocenters. The fraction of sp³-hybridized carbons (Fsp3) is 0.359. The van der Waals surface area contributed by atoms with E-state index in [0.717, 1.165) is 30.7 Å². The molecule has 2 unspecified atom stereocenters. The summed E-state index contributed by atoms with van der Waals surface area (Å²) in [6.07, 6.45) is -10.3. The van der Waals surface area contributed by atoms with Gasteiger partial charge in [-0.25, -0.2) is 8.78 Å². The zero-order valence-corrected chi connectivity index (χ0v) is 29.0. The Kier molecular flexibility index (Phi) is 9.76. The van der Waals surface area contributed by atoms with Crippen LogP contribution in [0.1, 0.15) is 76.2 Å². The van der Waals surface area contributed by atoms with Gasteiger partial charge in [0.2, 0.25) is 5.91 Å². The number of carboxylic acids is 1. The van der Waals surface area contributed by atoms with Crippen molar-refractivity contribution in [3.63, 3.8) is 0 Å². The lowest BCUT2D eigenvalue weighted by Gasteiger charge is -2.34. The topological polar surface area (TPSA) is 101 Å². The first-order valence-corrected chi connectivity index (χ1v) is 17.4. The van der Waals surface area contributed by atoms with Gasteiger partial charge in [0.15, 0.2) is 0 Å². The van der Waals surface area contributed by atoms with E-state index >= 15 is 4.39 Å². The number of likely N-dealkylation sites (tertiary alicyclic amines) is 1. The molecule has 2 aliphatic heterocycles. The number of benzene rings is 3. The number of carbonyl (C=O) groups is 2. The number of carboxylic acid groups (broad SMARTS) is 1. The number of pyridine rings is 1. The third kappa shape index (κ3) is 7.82. The molecule has 3 aromatic carbocycles. The van der Waals surface area contributed by atoms with Crippen molar-refractivity contribution in [3.05, 3.63) is 116 Å². The van der Waals surface area contributed by atoms with Gasteiger partial charge in [-0.15, -0.1) is 0 Å². The molecule has 2 fully saturated rings. The lowest BCUT2D eigenvalue weighted by molar-refractivity contribution is -0.140. The highest BCUT2D eigenvalue weighted by Gasteiger charge is 2.40. The molecule has 1 saturated carbocycles. The molecule has 1 aromatic heterocycles. The zero-order chi connectivity index (χ0) is 39.6. The van der Waals surface area contributed by atoms with Gasteiger partial charge in [-0.05, 0) is 90.3 Å². The monoisotopic (exact) mass is 775 g/mol. The number of nitrogens with zero attached hydrogens (tertiary/aromatic N) is 2. The molecule has 1 saturated heterocycles. The molecular formula is C39H33F8N3O5. The molecule has 2 N–H and O–H groups in total. The maximum Gasteiger partial charge on any atom is 0.419 e. The Balaban J connectivity index is 1.46. The number of alkyl halides is 7. The van der Waals surface area contributed by atoms with Gasteiger partial charge in [0.05, 0.1) is 23.6 Å². The van der Waals surface area contributed by atoms with Gasteiger partial charge in [0.1, 0.15) is 29.5 Å². The van der Waals surface area contributed by atoms with Crippen molar-refractivity contribution in [2.75, 3.05) is 19.6 Å². The second-order valence-electron chi connectivity index (χ2n) is 14.2. The number of amides is 1. The summed E-state index contributed by atoms with van der Waals surface area (Å²) in [7, 11) is 0. The number of fused-ring (bicyclic) bond motifs is 6. The Bertz CT molecular complexity index is 2240. The van der Waals surface area contributed by atoms with Crippen LogP contribution in [0, 0.1) is 12.7 Å². The van der Waals surface area contributed by atoms with E-state index in [1.807, 2.05) is 0 Å². The number of halogens is 8. The van der Waals surface area contributed by atoms with E-state index in [2.05, 4.69) is 5.32 Å². The number of aromatic nitrogens is 1. The number of aliphatic carboxylic acids is 1. The summed E-state index contributed by atoms with van der Waals surface area (Å²) in [4.78, 5) is 41.7. The predicted molar refractivity (Wildman–Crippen MR) is 182 cm³/mol. The molecule has 4 aromatic rings. The first-order valence-electron chi connectivity index (χ1n) is 17.4. The standard InChI is InChI=1S/C39H33F8N3O5/c1-19-9-23(20-5-6-20)13-31-34(19)24-11-27(35(41)29(12-24)39(45,46)47)30(15-33(52)53)48-37(54)36(21-3-2-4-26(10-21)55-31)50-16-22(7-8-49-17-25(40)18-49)28(14-32(50)51)38(42,43)44/h2-4,9-14,16,20,25,30,36H,5-8,15,17-18H2,1H3,(H,48,54)(H,52,53). The molecule has 1 aliphatic carbocycles. The van der Waals surface area contributed by atoms with Crippen molar-refractivity contribution in [1.82, 2.24) is 14.8 Å². The molecule has 3 heterocycles. The number of nitrogens with one attached hydrogen (secondary N) is 1. The fourth-order valence-electron chi connectivity index (χ4n) is 7.34. The van der Waals surface area contributed by atoms with Crippen molar-refractivity contribution >= 4 is 11.9 Å². The van der Waals surface area contributed by atoms with Gasteiger partial charge < -0.3 is 15.2 Å². The lowest BCUT2D eigenvalue weighted by atomic mass is 9.90. The number of ether oxygens (including phenoxy) is 1. The van der Waals surface area contributed by atoms with Gasteiger partial charge in [0, 0.05) is 43.0 Å². The van der Waals surface area contributed by atoms with Gasteiger partial charge in [-0.2, -0.15) is 26.3 Å². The summed E-state index contributed by atoms with van der Waals surface area (Å²) in [5.41, 5.74) is -4.33. The number of rotatable bonds is 7. The van der Waals surface area contributed by atoms with E-state index in [9.17, 15) is 50.2 Å². The number of aryl methyl sites for hydroxylation is 1. The van der Waals surface area contributed by atoms with Gasteiger partial charge in [0.25, 0.3) is 5.56 Å². The van der Waals surface area contributed by atoms with Crippen LogP contribution in [-0.4, -0.2) is 52.3 Å². The van der Waals surface area contributed by atoms with Crippen molar-refractivity contribution in [2.45, 2.75) is 69.1 Å². The highest BCUT2D eigenvalue weighted by Crippen LogP contribution is 2.47. The quantitative estimate of drug-likeness (QED) is 0.184. The molecule has 290 valence electrons. The molecule has 4 bridgehead atoms. The second-order valence-corrected chi connectivity index (χ2v) is 14.2. The smallest absolute Gasteiger partial charge is 0.419 e. The largest absolute Gasteiger partial charge is 0.481 e. The third-order valence-corrected chi connectivity index (χ3v) is 10.1. The third-order valence-electron chi connectivity index (χ3n) is 10.1. The van der Waals surface area contributed by atoms with Crippen LogP contribution in [-0.2, 0) is 28.4 Å². The van der Waals surface area contributed by atoms with Gasteiger partial charge in [-0.3, -0.25) is 23.9 Å². The van der Waals surface area contributed by atoms with Crippen LogP contribution < -0.4 is 15.6 Å². The minimum Gasteiger partial charge on any atom is -0.481 e. The van der Waals surface area contributed by atoms with Crippen molar-refractivity contribution < 1.29 is 54.6 Å². The van der Waals surface area contributed by atoms with Crippen LogP contribution >= 0.6 is 0 Å². The van der Waals surface area contributed by atoms with Crippen molar-refractivity contribution in [1.29, 1.82) is 0 Å². The molecule has 0 spiro atoms. The molecule has 55 heavy (non-hydrogen) atoms. The van der Waals surface area contributed by atoms with E-state index in [1.54, 1.807) is 24.0 Å². The predicted octanol–water partition coefficient (Wildman–Crippen LogP) is 8.10. The van der Waals surface area contributed by atoms with E-state index in [1.165, 1.54) is 24.3 Å². The van der Waals surface area contributed by atoms with Gasteiger partial charge >= 0.3 is 18.3 Å². The van der Waals surface area contributed by atoms with E-state index in [0.29, 0.717) is 22.3 Å². The number of hydrogen-bond donors (Lipinski definition) is 2. The first kappa shape index (κ1) is 38.0. The minimum absolute atomic E-state index is 0.00238. The molecular weight excluding hydrogens is 742 g/mol. The van der Waals surface area contributed by atoms with Crippen molar-refractivity contribution in [2.24, 2.45) is 0 Å². The Morgan fingerprint density at radius 1 is 0.945 bits per heavy atom. The Morgan fingerprint density at radius 3 is 2.29 bits per heavy atom. The SMILES string of the molecule is Cc1cc(C2CC2)cc2c1-c1cc(c(F)c(C(F)(F)F)c1)C(CC(=O)O)NC(=O)C(n1cc(CCN3CC(F)C3)c(C(F)(F)F)cc1=O)c1cccc(c1)O2. The van der Waals surface area contributed by atoms with E-state index < -0.39 is 82.5 Å². The van der Waals surface area contributed by atoms with E-state index in [4.69, 9.17) is 4.74 Å². The fourth-order valence-corrected chi connectivity index (χ4v) is 7.34. The summed E-state index contributed by atoms with van der Waals surface area (Å²) in [6, 6.07) is 7.11. The molecule has 7 rings (SSSR count). The maximum absolute atomic E-state index is 16.1. The number of carbonyl (C=O) groups excluding carboxylic acids is 1. The average molecular weight is 776 g/mol. The van der Waals surface area contributed by atoms with Crippen molar-refractivity contribution in [3.8, 4) is 22.6 Å². The highest BCUT2D eigenvalue weighted by molar-refractivity contribution is 5.85. The second kappa shape index (κ2) is 14.1. The van der Waals surface area contributed by atoms with Crippen LogP contribution in [0.2, 0.25) is 0 Å². The normalized spacial score (nSPS) is 19.3. The van der Waals surface area contributed by atoms with Crippen LogP contribution in [0.15, 0.2) is 65.6 Å². The van der Waals surface area contributed by atoms with Crippen LogP contribution in [0.5, 0.6) is 11.5 Å². The molecule has 3 aliphatic rings. The minimum atomic E-state index is -5.27. The highest BCUT2D eigenvalue weighted by atomic mass is 19.4.